The molecule has 0 radical (unpaired) electrons. The van der Waals surface area contributed by atoms with Gasteiger partial charge in [-0.25, -0.2) is 13.1 Å². The van der Waals surface area contributed by atoms with Gasteiger partial charge in [0.25, 0.3) is 0 Å². The van der Waals surface area contributed by atoms with E-state index in [9.17, 15) is 13.2 Å². The van der Waals surface area contributed by atoms with Crippen LogP contribution in [0, 0.1) is 0 Å². The normalized spacial score (nSPS) is 12.4. The van der Waals surface area contributed by atoms with E-state index in [4.69, 9.17) is 34.7 Å². The molecule has 0 heterocycles. The zero-order valence-corrected chi connectivity index (χ0v) is 13.2. The summed E-state index contributed by atoms with van der Waals surface area (Å²) < 4.78 is 27.0. The van der Waals surface area contributed by atoms with Crippen LogP contribution in [0.15, 0.2) is 17.0 Å². The largest absolute Gasteiger partial charge is 0.399 e. The number of hydrogen-bond donors (Lipinski definition) is 3. The van der Waals surface area contributed by atoms with Crippen LogP contribution in [0.4, 0.5) is 5.69 Å². The zero-order chi connectivity index (χ0) is 15.7. The molecule has 0 atom stereocenters. The number of hydrogen-bond acceptors (Lipinski definition) is 4. The summed E-state index contributed by atoms with van der Waals surface area (Å²) in [6.07, 6.45) is -0.170. The van der Waals surface area contributed by atoms with Crippen LogP contribution in [0.3, 0.4) is 0 Å². The molecule has 6 nitrogen and oxygen atoms in total. The number of benzene rings is 1. The summed E-state index contributed by atoms with van der Waals surface area (Å²) >= 11 is 11.8. The minimum atomic E-state index is -4.02. The van der Waals surface area contributed by atoms with Gasteiger partial charge in [0.05, 0.1) is 10.0 Å². The third-order valence-corrected chi connectivity index (χ3v) is 4.94. The summed E-state index contributed by atoms with van der Waals surface area (Å²) in [6.45, 7) is 3.04. The first-order chi connectivity index (χ1) is 8.94. The predicted molar refractivity (Wildman–Crippen MR) is 79.1 cm³/mol. The molecule has 0 saturated heterocycles. The number of nitrogen functional groups attached to an aromatic ring is 1. The summed E-state index contributed by atoms with van der Waals surface area (Å²) in [7, 11) is -4.02. The van der Waals surface area contributed by atoms with Gasteiger partial charge < -0.3 is 11.5 Å². The number of primary amides is 1. The van der Waals surface area contributed by atoms with Crippen LogP contribution in [0.5, 0.6) is 0 Å². The van der Waals surface area contributed by atoms with E-state index in [-0.39, 0.29) is 27.0 Å². The van der Waals surface area contributed by atoms with Crippen molar-refractivity contribution in [1.29, 1.82) is 0 Å². The standard InChI is InChI=1S/C11H15Cl2N3O3S/c1-11(2,5-9(15)17)16-20(18,19)10-7(12)3-6(14)4-8(10)13/h3-4,16H,5,14H2,1-2H3,(H2,15,17). The Morgan fingerprint density at radius 2 is 1.75 bits per heavy atom. The molecule has 9 heteroatoms. The van der Waals surface area contributed by atoms with E-state index >= 15 is 0 Å². The van der Waals surface area contributed by atoms with Crippen LogP contribution < -0.4 is 16.2 Å². The number of sulfonamides is 1. The Bertz CT molecular complexity index is 621. The summed E-state index contributed by atoms with van der Waals surface area (Å²) in [5.74, 6) is -0.632. The molecular weight excluding hydrogens is 325 g/mol. The molecule has 0 unspecified atom stereocenters. The van der Waals surface area contributed by atoms with Crippen molar-refractivity contribution in [3.8, 4) is 0 Å². The van der Waals surface area contributed by atoms with Crippen LogP contribution in [0.2, 0.25) is 10.0 Å². The van der Waals surface area contributed by atoms with Crippen LogP contribution in [0.1, 0.15) is 20.3 Å². The third kappa shape index (κ3) is 4.24. The summed E-state index contributed by atoms with van der Waals surface area (Å²) in [5, 5.41) is -0.199. The van der Waals surface area contributed by atoms with Gasteiger partial charge in [-0.15, -0.1) is 0 Å². The Hall–Kier alpha value is -1.02. The first-order valence-electron chi connectivity index (χ1n) is 5.51. The van der Waals surface area contributed by atoms with Gasteiger partial charge in [0.1, 0.15) is 4.90 Å². The zero-order valence-electron chi connectivity index (χ0n) is 10.9. The minimum Gasteiger partial charge on any atom is -0.399 e. The van der Waals surface area contributed by atoms with E-state index in [1.54, 1.807) is 0 Å². The average molecular weight is 340 g/mol. The van der Waals surface area contributed by atoms with Gasteiger partial charge in [0, 0.05) is 17.6 Å². The molecule has 0 fully saturated rings. The number of rotatable bonds is 5. The Kier molecular flexibility index (Phi) is 4.91. The first-order valence-corrected chi connectivity index (χ1v) is 7.75. The first kappa shape index (κ1) is 17.0. The van der Waals surface area contributed by atoms with Gasteiger partial charge in [-0.2, -0.15) is 0 Å². The van der Waals surface area contributed by atoms with Crippen molar-refractivity contribution in [2.75, 3.05) is 5.73 Å². The molecule has 0 aliphatic heterocycles. The van der Waals surface area contributed by atoms with Crippen molar-refractivity contribution in [2.45, 2.75) is 30.7 Å². The number of carbonyl (C=O) groups is 1. The van der Waals surface area contributed by atoms with Crippen molar-refractivity contribution >= 4 is 44.8 Å². The molecule has 20 heavy (non-hydrogen) atoms. The van der Waals surface area contributed by atoms with E-state index in [0.29, 0.717) is 0 Å². The summed E-state index contributed by atoms with van der Waals surface area (Å²) in [4.78, 5) is 10.6. The minimum absolute atomic E-state index is 0.0997. The third-order valence-electron chi connectivity index (χ3n) is 2.32. The fourth-order valence-corrected chi connectivity index (χ4v) is 4.37. The Morgan fingerprint density at radius 3 is 2.15 bits per heavy atom. The number of carbonyl (C=O) groups excluding carboxylic acids is 1. The van der Waals surface area contributed by atoms with E-state index in [1.165, 1.54) is 26.0 Å². The van der Waals surface area contributed by atoms with Crippen LogP contribution in [-0.2, 0) is 14.8 Å². The number of amides is 1. The highest BCUT2D eigenvalue weighted by Crippen LogP contribution is 2.32. The number of halogens is 2. The molecule has 5 N–H and O–H groups in total. The quantitative estimate of drug-likeness (QED) is 0.705. The highest BCUT2D eigenvalue weighted by atomic mass is 35.5. The van der Waals surface area contributed by atoms with E-state index in [0.717, 1.165) is 0 Å². The molecule has 1 aromatic rings. The number of anilines is 1. The molecule has 1 amide bonds. The SMILES string of the molecule is CC(C)(CC(N)=O)NS(=O)(=O)c1c(Cl)cc(N)cc1Cl. The molecule has 0 bridgehead atoms. The molecule has 1 rings (SSSR count). The van der Waals surface area contributed by atoms with E-state index in [1.807, 2.05) is 0 Å². The molecule has 112 valence electrons. The van der Waals surface area contributed by atoms with Gasteiger partial charge in [0.15, 0.2) is 0 Å². The smallest absolute Gasteiger partial charge is 0.244 e. The second-order valence-electron chi connectivity index (χ2n) is 4.95. The lowest BCUT2D eigenvalue weighted by Gasteiger charge is -2.25. The monoisotopic (exact) mass is 339 g/mol. The fraction of sp³-hybridized carbons (Fsp3) is 0.364. The van der Waals surface area contributed by atoms with Gasteiger partial charge in [-0.3, -0.25) is 4.79 Å². The van der Waals surface area contributed by atoms with Crippen molar-refractivity contribution in [3.05, 3.63) is 22.2 Å². The highest BCUT2D eigenvalue weighted by Gasteiger charge is 2.30. The van der Waals surface area contributed by atoms with Crippen molar-refractivity contribution < 1.29 is 13.2 Å². The summed E-state index contributed by atoms with van der Waals surface area (Å²) in [5.41, 5.74) is 9.77. The Balaban J connectivity index is 3.22. The van der Waals surface area contributed by atoms with Crippen LogP contribution in [-0.4, -0.2) is 19.9 Å². The predicted octanol–water partition coefficient (Wildman–Crippen LogP) is 1.51. The van der Waals surface area contributed by atoms with E-state index in [2.05, 4.69) is 4.72 Å². The van der Waals surface area contributed by atoms with Crippen molar-refractivity contribution in [1.82, 2.24) is 4.72 Å². The maximum absolute atomic E-state index is 12.3. The Labute approximate surface area is 127 Å². The highest BCUT2D eigenvalue weighted by molar-refractivity contribution is 7.89. The number of nitrogens with one attached hydrogen (secondary N) is 1. The van der Waals surface area contributed by atoms with Crippen LogP contribution >= 0.6 is 23.2 Å². The lowest BCUT2D eigenvalue weighted by molar-refractivity contribution is -0.119. The van der Waals surface area contributed by atoms with Gasteiger partial charge in [0.2, 0.25) is 15.9 Å². The lowest BCUT2D eigenvalue weighted by Crippen LogP contribution is -2.46. The Morgan fingerprint density at radius 1 is 1.30 bits per heavy atom. The molecule has 0 aliphatic rings. The van der Waals surface area contributed by atoms with Gasteiger partial charge in [-0.05, 0) is 26.0 Å². The molecule has 0 spiro atoms. The number of nitrogens with two attached hydrogens (primary N) is 2. The maximum Gasteiger partial charge on any atom is 0.244 e. The van der Waals surface area contributed by atoms with Crippen molar-refractivity contribution in [3.63, 3.8) is 0 Å². The molecule has 0 saturated carbocycles. The average Bonchev–Trinajstić information content (AvgIpc) is 2.08. The van der Waals surface area contributed by atoms with Gasteiger partial charge >= 0.3 is 0 Å². The maximum atomic E-state index is 12.3. The lowest BCUT2D eigenvalue weighted by atomic mass is 10.0. The second-order valence-corrected chi connectivity index (χ2v) is 7.38. The van der Waals surface area contributed by atoms with Crippen LogP contribution in [0.25, 0.3) is 0 Å². The fourth-order valence-electron chi connectivity index (χ4n) is 1.72. The van der Waals surface area contributed by atoms with E-state index < -0.39 is 21.5 Å². The molecule has 0 aromatic heterocycles. The molecule has 0 aliphatic carbocycles. The van der Waals surface area contributed by atoms with Gasteiger partial charge in [-0.1, -0.05) is 23.2 Å². The summed E-state index contributed by atoms with van der Waals surface area (Å²) in [6, 6.07) is 2.56. The molecule has 1 aromatic carbocycles. The topological polar surface area (TPSA) is 115 Å². The molecular formula is C11H15Cl2N3O3S. The second kappa shape index (κ2) is 5.77. The van der Waals surface area contributed by atoms with Crippen molar-refractivity contribution in [2.24, 2.45) is 5.73 Å².